The molecule has 0 radical (unpaired) electrons. The number of amides is 2. The molecule has 2 aliphatic rings. The van der Waals surface area contributed by atoms with Crippen LogP contribution in [0.25, 0.3) is 21.5 Å². The molecule has 1 unspecified atom stereocenters. The van der Waals surface area contributed by atoms with Crippen molar-refractivity contribution in [2.24, 2.45) is 5.73 Å². The van der Waals surface area contributed by atoms with Crippen LogP contribution in [0.4, 0.5) is 17.6 Å². The Morgan fingerprint density at radius 2 is 1.89 bits per heavy atom. The van der Waals surface area contributed by atoms with Gasteiger partial charge in [0.1, 0.15) is 40.5 Å². The molecule has 44 heavy (non-hydrogen) atoms. The molecule has 4 aromatic rings. The number of alkyl halides is 3. The van der Waals surface area contributed by atoms with Crippen LogP contribution in [0.2, 0.25) is 0 Å². The molecule has 4 N–H and O–H groups in total. The van der Waals surface area contributed by atoms with E-state index in [4.69, 9.17) is 15.2 Å². The highest BCUT2D eigenvalue weighted by atomic mass is 32.1. The minimum absolute atomic E-state index is 0.00786. The highest BCUT2D eigenvalue weighted by Gasteiger charge is 2.57. The van der Waals surface area contributed by atoms with E-state index in [9.17, 15) is 32.3 Å². The molecule has 1 aliphatic carbocycles. The van der Waals surface area contributed by atoms with E-state index in [1.54, 1.807) is 0 Å². The molecule has 1 fully saturated rings. The van der Waals surface area contributed by atoms with Gasteiger partial charge < -0.3 is 25.6 Å². The van der Waals surface area contributed by atoms with Crippen molar-refractivity contribution in [2.45, 2.75) is 42.9 Å². The summed E-state index contributed by atoms with van der Waals surface area (Å²) in [6.07, 6.45) is -3.33. The van der Waals surface area contributed by atoms with Crippen molar-refractivity contribution in [1.82, 2.24) is 15.3 Å². The molecule has 0 spiro atoms. The summed E-state index contributed by atoms with van der Waals surface area (Å²) < 4.78 is 69.5. The van der Waals surface area contributed by atoms with Crippen LogP contribution < -0.4 is 20.5 Å². The van der Waals surface area contributed by atoms with Crippen molar-refractivity contribution in [3.8, 4) is 22.8 Å². The van der Waals surface area contributed by atoms with Crippen molar-refractivity contribution in [3.05, 3.63) is 70.1 Å². The Bertz CT molecular complexity index is 1810. The number of aromatic nitrogens is 2. The number of primary amides is 1. The molecule has 2 atom stereocenters. The van der Waals surface area contributed by atoms with E-state index in [-0.39, 0.29) is 40.5 Å². The normalized spacial score (nSPS) is 19.2. The molecule has 2 aromatic carbocycles. The molecular formula is C30H26F4N4O5S. The summed E-state index contributed by atoms with van der Waals surface area (Å²) in [6.45, 7) is -0.220. The Morgan fingerprint density at radius 3 is 2.50 bits per heavy atom. The zero-order valence-corrected chi connectivity index (χ0v) is 24.2. The monoisotopic (exact) mass is 630 g/mol. The highest BCUT2D eigenvalue weighted by Crippen LogP contribution is 2.48. The molecule has 6 rings (SSSR count). The summed E-state index contributed by atoms with van der Waals surface area (Å²) in [5.41, 5.74) is -0.0481. The van der Waals surface area contributed by atoms with Gasteiger partial charge in [0.2, 0.25) is 11.5 Å². The number of ether oxygens (including phenoxy) is 2. The second kappa shape index (κ2) is 10.4. The number of carbonyl (C=O) groups is 2. The number of benzene rings is 2. The smallest absolute Gasteiger partial charge is 0.424 e. The lowest BCUT2D eigenvalue weighted by Gasteiger charge is -2.31. The quantitative estimate of drug-likeness (QED) is 0.240. The molecule has 2 amide bonds. The molecule has 0 bridgehead atoms. The third-order valence-electron chi connectivity index (χ3n) is 8.02. The molecule has 230 valence electrons. The molecule has 14 heteroatoms. The van der Waals surface area contributed by atoms with E-state index in [1.165, 1.54) is 49.6 Å². The van der Waals surface area contributed by atoms with Crippen LogP contribution in [0, 0.1) is 5.82 Å². The number of hydrogen-bond acceptors (Lipinski definition) is 8. The van der Waals surface area contributed by atoms with Gasteiger partial charge in [-0.2, -0.15) is 13.2 Å². The second-order valence-electron chi connectivity index (χ2n) is 11.1. The molecule has 9 nitrogen and oxygen atoms in total. The predicted molar refractivity (Wildman–Crippen MR) is 152 cm³/mol. The molecule has 2 aromatic heterocycles. The largest absolute Gasteiger partial charge is 0.494 e. The lowest BCUT2D eigenvalue weighted by molar-refractivity contribution is -0.265. The number of nitrogens with zero attached hydrogens (tertiary/aromatic N) is 2. The lowest BCUT2D eigenvalue weighted by Crippen LogP contribution is -2.51. The fourth-order valence-electron chi connectivity index (χ4n) is 5.06. The van der Waals surface area contributed by atoms with Gasteiger partial charge in [0.25, 0.3) is 5.91 Å². The number of nitrogens with one attached hydrogen (secondary N) is 1. The van der Waals surface area contributed by atoms with E-state index >= 15 is 0 Å². The van der Waals surface area contributed by atoms with Gasteiger partial charge in [0.05, 0.1) is 29.1 Å². The van der Waals surface area contributed by atoms with Crippen molar-refractivity contribution < 1.29 is 41.7 Å². The first-order chi connectivity index (χ1) is 20.7. The van der Waals surface area contributed by atoms with Gasteiger partial charge in [-0.3, -0.25) is 9.59 Å². The SMILES string of the molecule is COc1cc(C(=O)NCC(O)(c2cc3c(c(-c4ccc(F)cc4)n2)OC[C@]3(C)C(N)=O)C(F)(F)F)cc2sc(C3CC3)nc12. The zero-order chi connectivity index (χ0) is 31.6. The number of carbonyl (C=O) groups excluding carboxylic acids is 2. The lowest BCUT2D eigenvalue weighted by atomic mass is 9.81. The molecule has 3 heterocycles. The number of aliphatic hydroxyl groups is 1. The zero-order valence-electron chi connectivity index (χ0n) is 23.4. The van der Waals surface area contributed by atoms with Crippen molar-refractivity contribution >= 4 is 33.4 Å². The number of hydrogen-bond donors (Lipinski definition) is 3. The van der Waals surface area contributed by atoms with Crippen LogP contribution in [-0.2, 0) is 15.8 Å². The summed E-state index contributed by atoms with van der Waals surface area (Å²) in [7, 11) is 1.40. The van der Waals surface area contributed by atoms with Crippen LogP contribution in [-0.4, -0.2) is 53.3 Å². The molecule has 1 saturated carbocycles. The summed E-state index contributed by atoms with van der Waals surface area (Å²) in [6, 6.07) is 8.50. The van der Waals surface area contributed by atoms with Crippen molar-refractivity contribution in [3.63, 3.8) is 0 Å². The van der Waals surface area contributed by atoms with Gasteiger partial charge in [0, 0.05) is 22.6 Å². The Labute approximate surface area is 252 Å². The Morgan fingerprint density at radius 1 is 1.18 bits per heavy atom. The maximum absolute atomic E-state index is 14.7. The number of rotatable bonds is 8. The van der Waals surface area contributed by atoms with Gasteiger partial charge >= 0.3 is 6.18 Å². The highest BCUT2D eigenvalue weighted by molar-refractivity contribution is 7.18. The van der Waals surface area contributed by atoms with E-state index in [1.807, 2.05) is 0 Å². The summed E-state index contributed by atoms with van der Waals surface area (Å²) in [5, 5.41) is 14.3. The second-order valence-corrected chi connectivity index (χ2v) is 12.2. The number of halogens is 4. The van der Waals surface area contributed by atoms with Gasteiger partial charge in [-0.25, -0.2) is 14.4 Å². The van der Waals surface area contributed by atoms with Crippen LogP contribution in [0.3, 0.4) is 0 Å². The fourth-order valence-corrected chi connectivity index (χ4v) is 6.25. The van der Waals surface area contributed by atoms with Gasteiger partial charge in [-0.1, -0.05) is 0 Å². The first-order valence-corrected chi connectivity index (χ1v) is 14.4. The topological polar surface area (TPSA) is 137 Å². The average Bonchev–Trinajstić information content (AvgIpc) is 3.65. The van der Waals surface area contributed by atoms with Crippen LogP contribution in [0.1, 0.15) is 52.3 Å². The fraction of sp³-hybridized carbons (Fsp3) is 0.333. The van der Waals surface area contributed by atoms with Gasteiger partial charge in [-0.15, -0.1) is 11.3 Å². The molecule has 1 aliphatic heterocycles. The number of pyridine rings is 1. The van der Waals surface area contributed by atoms with Crippen LogP contribution in [0.5, 0.6) is 11.5 Å². The first kappa shape index (κ1) is 29.8. The van der Waals surface area contributed by atoms with Gasteiger partial charge in [0.15, 0.2) is 0 Å². The number of fused-ring (bicyclic) bond motifs is 2. The number of methoxy groups -OCH3 is 1. The Kier molecular flexibility index (Phi) is 7.04. The van der Waals surface area contributed by atoms with Crippen LogP contribution in [0.15, 0.2) is 42.5 Å². The van der Waals surface area contributed by atoms with E-state index < -0.39 is 47.1 Å². The van der Waals surface area contributed by atoms with E-state index in [0.29, 0.717) is 16.1 Å². The standard InChI is InChI=1S/C30H26F4N4O5S/c1-28(27(35)40)13-43-24-18(28)11-21(37-22(24)14-5-7-17(31)8-6-14)29(41,30(32,33)34)12-36-25(39)16-9-19(42-2)23-20(10-16)44-26(38-23)15-3-4-15/h5-11,15,41H,3-4,12-13H2,1-2H3,(H2,35,40)(H,36,39)/t28-,29?/m0/s1. The average molecular weight is 631 g/mol. The minimum atomic E-state index is -5.34. The van der Waals surface area contributed by atoms with E-state index in [2.05, 4.69) is 15.3 Å². The van der Waals surface area contributed by atoms with Crippen molar-refractivity contribution in [2.75, 3.05) is 20.3 Å². The predicted octanol–water partition coefficient (Wildman–Crippen LogP) is 4.70. The van der Waals surface area contributed by atoms with E-state index in [0.717, 1.165) is 36.0 Å². The molecule has 0 saturated heterocycles. The third kappa shape index (κ3) is 4.91. The Hall–Kier alpha value is -4.30. The summed E-state index contributed by atoms with van der Waals surface area (Å²) >= 11 is 1.38. The Balaban J connectivity index is 1.40. The summed E-state index contributed by atoms with van der Waals surface area (Å²) in [4.78, 5) is 34.3. The first-order valence-electron chi connectivity index (χ1n) is 13.6. The third-order valence-corrected chi connectivity index (χ3v) is 9.18. The van der Waals surface area contributed by atoms with Gasteiger partial charge in [-0.05, 0) is 62.2 Å². The minimum Gasteiger partial charge on any atom is -0.494 e. The molecular weight excluding hydrogens is 604 g/mol. The summed E-state index contributed by atoms with van der Waals surface area (Å²) in [5.74, 6) is -1.77. The van der Waals surface area contributed by atoms with Crippen molar-refractivity contribution in [1.29, 1.82) is 0 Å². The number of nitrogens with two attached hydrogens (primary N) is 1. The maximum atomic E-state index is 14.7. The van der Waals surface area contributed by atoms with Crippen LogP contribution >= 0.6 is 11.3 Å². The maximum Gasteiger partial charge on any atom is 0.424 e. The number of thiazole rings is 1.